The summed E-state index contributed by atoms with van der Waals surface area (Å²) in [6.45, 7) is 3.28. The molecular formula is C10H15NO3S. The van der Waals surface area contributed by atoms with E-state index in [4.69, 9.17) is 5.73 Å². The number of nitrogen functional groups attached to an aromatic ring is 1. The number of rotatable bonds is 3. The third-order valence-corrected chi connectivity index (χ3v) is 4.35. The van der Waals surface area contributed by atoms with Crippen LogP contribution in [0.1, 0.15) is 19.4 Å². The van der Waals surface area contributed by atoms with Gasteiger partial charge in [0.05, 0.1) is 16.7 Å². The Hall–Kier alpha value is -1.23. The van der Waals surface area contributed by atoms with Gasteiger partial charge in [0, 0.05) is 0 Å². The van der Waals surface area contributed by atoms with E-state index in [2.05, 4.69) is 0 Å². The molecule has 1 aromatic rings. The van der Waals surface area contributed by atoms with Crippen molar-refractivity contribution >= 4 is 15.5 Å². The number of aromatic hydroxyl groups is 1. The zero-order valence-electron chi connectivity index (χ0n) is 8.77. The molecule has 0 heterocycles. The second kappa shape index (κ2) is 4.10. The molecule has 4 nitrogen and oxygen atoms in total. The summed E-state index contributed by atoms with van der Waals surface area (Å²) in [5, 5.41) is 8.77. The summed E-state index contributed by atoms with van der Waals surface area (Å²) in [5.41, 5.74) is 6.27. The minimum Gasteiger partial charge on any atom is -0.506 e. The summed E-state index contributed by atoms with van der Waals surface area (Å²) in [6.07, 6.45) is 0. The van der Waals surface area contributed by atoms with Crippen LogP contribution >= 0.6 is 0 Å². The van der Waals surface area contributed by atoms with E-state index >= 15 is 0 Å². The van der Waals surface area contributed by atoms with Gasteiger partial charge in [-0.15, -0.1) is 0 Å². The molecule has 0 aliphatic heterocycles. The Morgan fingerprint density at radius 2 is 2.00 bits per heavy atom. The van der Waals surface area contributed by atoms with Gasteiger partial charge in [-0.1, -0.05) is 6.07 Å². The van der Waals surface area contributed by atoms with Gasteiger partial charge < -0.3 is 10.8 Å². The van der Waals surface area contributed by atoms with Crippen molar-refractivity contribution in [2.45, 2.75) is 24.9 Å². The molecule has 0 saturated heterocycles. The highest BCUT2D eigenvalue weighted by molar-refractivity contribution is 7.91. The molecule has 0 aliphatic carbocycles. The van der Waals surface area contributed by atoms with E-state index in [0.717, 1.165) is 0 Å². The van der Waals surface area contributed by atoms with Crippen LogP contribution in [0.5, 0.6) is 5.75 Å². The van der Waals surface area contributed by atoms with Crippen LogP contribution in [-0.2, 0) is 15.6 Å². The van der Waals surface area contributed by atoms with E-state index in [-0.39, 0.29) is 17.2 Å². The third-order valence-electron chi connectivity index (χ3n) is 2.18. The molecule has 0 bridgehead atoms. The highest BCUT2D eigenvalue weighted by atomic mass is 32.2. The molecule has 84 valence electrons. The van der Waals surface area contributed by atoms with Crippen molar-refractivity contribution in [2.75, 3.05) is 5.73 Å². The van der Waals surface area contributed by atoms with Crippen LogP contribution < -0.4 is 5.73 Å². The Balaban J connectivity index is 2.96. The maximum Gasteiger partial charge on any atom is 0.156 e. The molecule has 1 rings (SSSR count). The molecule has 0 radical (unpaired) electrons. The molecule has 5 heteroatoms. The number of hydrogen-bond donors (Lipinski definition) is 2. The van der Waals surface area contributed by atoms with Gasteiger partial charge >= 0.3 is 0 Å². The largest absolute Gasteiger partial charge is 0.506 e. The average Bonchev–Trinajstić information content (AvgIpc) is 2.10. The van der Waals surface area contributed by atoms with Crippen LogP contribution in [0.25, 0.3) is 0 Å². The Kier molecular flexibility index (Phi) is 3.24. The minimum absolute atomic E-state index is 0.0271. The van der Waals surface area contributed by atoms with Crippen molar-refractivity contribution in [1.29, 1.82) is 0 Å². The third kappa shape index (κ3) is 2.86. The Bertz CT molecular complexity index is 452. The van der Waals surface area contributed by atoms with Crippen molar-refractivity contribution < 1.29 is 13.5 Å². The Morgan fingerprint density at radius 3 is 2.47 bits per heavy atom. The van der Waals surface area contributed by atoms with E-state index in [9.17, 15) is 13.5 Å². The van der Waals surface area contributed by atoms with Crippen LogP contribution in [0.2, 0.25) is 0 Å². The van der Waals surface area contributed by atoms with E-state index in [1.165, 1.54) is 12.1 Å². The van der Waals surface area contributed by atoms with Gasteiger partial charge in [0.25, 0.3) is 0 Å². The summed E-state index contributed by atoms with van der Waals surface area (Å²) < 4.78 is 23.2. The van der Waals surface area contributed by atoms with Gasteiger partial charge in [-0.25, -0.2) is 8.42 Å². The molecule has 0 aliphatic rings. The number of nitrogens with two attached hydrogens (primary N) is 1. The Morgan fingerprint density at radius 1 is 1.40 bits per heavy atom. The normalized spacial score (nSPS) is 11.9. The van der Waals surface area contributed by atoms with E-state index in [1.54, 1.807) is 19.9 Å². The zero-order valence-corrected chi connectivity index (χ0v) is 9.58. The summed E-state index contributed by atoms with van der Waals surface area (Å²) in [7, 11) is -3.12. The second-order valence-corrected chi connectivity index (χ2v) is 6.31. The lowest BCUT2D eigenvalue weighted by molar-refractivity contribution is 0.478. The van der Waals surface area contributed by atoms with Crippen molar-refractivity contribution in [3.63, 3.8) is 0 Å². The minimum atomic E-state index is -3.12. The molecule has 3 N–H and O–H groups in total. The standard InChI is InChI=1S/C10H15NO3S/c1-7(2)15(13,14)6-8-3-4-10(12)9(11)5-8/h3-5,7,12H,6,11H2,1-2H3. The number of hydrogen-bond acceptors (Lipinski definition) is 4. The average molecular weight is 229 g/mol. The van der Waals surface area contributed by atoms with E-state index in [0.29, 0.717) is 5.56 Å². The number of sulfone groups is 1. The van der Waals surface area contributed by atoms with Gasteiger partial charge in [0.1, 0.15) is 5.75 Å². The molecule has 0 unspecified atom stereocenters. The first-order valence-electron chi connectivity index (χ1n) is 4.62. The molecule has 0 atom stereocenters. The molecule has 1 aromatic carbocycles. The molecular weight excluding hydrogens is 214 g/mol. The topological polar surface area (TPSA) is 80.4 Å². The Labute approximate surface area is 89.7 Å². The molecule has 15 heavy (non-hydrogen) atoms. The van der Waals surface area contributed by atoms with Crippen molar-refractivity contribution in [2.24, 2.45) is 0 Å². The van der Waals surface area contributed by atoms with E-state index in [1.807, 2.05) is 0 Å². The number of phenols is 1. The maximum atomic E-state index is 11.6. The van der Waals surface area contributed by atoms with Gasteiger partial charge in [0.15, 0.2) is 9.84 Å². The van der Waals surface area contributed by atoms with Crippen LogP contribution in [0.3, 0.4) is 0 Å². The molecule has 0 fully saturated rings. The fourth-order valence-corrected chi connectivity index (χ4v) is 2.07. The van der Waals surface area contributed by atoms with Gasteiger partial charge in [0.2, 0.25) is 0 Å². The van der Waals surface area contributed by atoms with Gasteiger partial charge in [-0.05, 0) is 31.5 Å². The monoisotopic (exact) mass is 229 g/mol. The van der Waals surface area contributed by atoms with Crippen LogP contribution in [0.4, 0.5) is 5.69 Å². The first kappa shape index (κ1) is 11.8. The van der Waals surface area contributed by atoms with Gasteiger partial charge in [-0.3, -0.25) is 0 Å². The van der Waals surface area contributed by atoms with Crippen molar-refractivity contribution in [3.8, 4) is 5.75 Å². The number of phenolic OH excluding ortho intramolecular Hbond substituents is 1. The van der Waals surface area contributed by atoms with Crippen LogP contribution in [0, 0.1) is 0 Å². The van der Waals surface area contributed by atoms with E-state index < -0.39 is 15.1 Å². The fraction of sp³-hybridized carbons (Fsp3) is 0.400. The summed E-state index contributed by atoms with van der Waals surface area (Å²) in [6, 6.07) is 4.45. The molecule has 0 amide bonds. The molecule has 0 aromatic heterocycles. The van der Waals surface area contributed by atoms with Crippen molar-refractivity contribution in [1.82, 2.24) is 0 Å². The van der Waals surface area contributed by atoms with Crippen LogP contribution in [0.15, 0.2) is 18.2 Å². The summed E-state index contributed by atoms with van der Waals surface area (Å²) in [5.74, 6) is -0.0736. The lowest BCUT2D eigenvalue weighted by Crippen LogP contribution is -2.16. The lowest BCUT2D eigenvalue weighted by atomic mass is 10.2. The zero-order chi connectivity index (χ0) is 11.6. The highest BCUT2D eigenvalue weighted by Crippen LogP contribution is 2.22. The number of benzene rings is 1. The first-order valence-corrected chi connectivity index (χ1v) is 6.33. The smallest absolute Gasteiger partial charge is 0.156 e. The van der Waals surface area contributed by atoms with Gasteiger partial charge in [-0.2, -0.15) is 0 Å². The SMILES string of the molecule is CC(C)S(=O)(=O)Cc1ccc(O)c(N)c1. The summed E-state index contributed by atoms with van der Waals surface area (Å²) >= 11 is 0. The van der Waals surface area contributed by atoms with Crippen LogP contribution in [-0.4, -0.2) is 18.8 Å². The predicted octanol–water partition coefficient (Wildman–Crippen LogP) is 1.30. The summed E-state index contributed by atoms with van der Waals surface area (Å²) in [4.78, 5) is 0. The molecule has 0 saturated carbocycles. The first-order chi connectivity index (χ1) is 6.83. The number of anilines is 1. The molecule has 0 spiro atoms. The lowest BCUT2D eigenvalue weighted by Gasteiger charge is -2.08. The second-order valence-electron chi connectivity index (χ2n) is 3.75. The maximum absolute atomic E-state index is 11.6. The van der Waals surface area contributed by atoms with Crippen molar-refractivity contribution in [3.05, 3.63) is 23.8 Å². The highest BCUT2D eigenvalue weighted by Gasteiger charge is 2.17. The predicted molar refractivity (Wildman–Crippen MR) is 60.3 cm³/mol. The fourth-order valence-electron chi connectivity index (χ4n) is 1.09. The quantitative estimate of drug-likeness (QED) is 0.604.